The van der Waals surface area contributed by atoms with Crippen molar-refractivity contribution in [3.63, 3.8) is 0 Å². The number of hydrogen-bond acceptors (Lipinski definition) is 2. The van der Waals surface area contributed by atoms with Crippen molar-refractivity contribution in [2.45, 2.75) is 18.9 Å². The van der Waals surface area contributed by atoms with Crippen molar-refractivity contribution in [3.8, 4) is 0 Å². The lowest BCUT2D eigenvalue weighted by molar-refractivity contribution is -0.113. The Labute approximate surface area is 61.4 Å². The van der Waals surface area contributed by atoms with Crippen LogP contribution in [0.25, 0.3) is 0 Å². The standard InChI is InChI=1S/C8H13NO/c1-9-6-7-4-2-3-5-8(7)10-9/h3,5,7-8H,2,4,6H2,1H3/t7-,8-/m1/s1. The van der Waals surface area contributed by atoms with E-state index in [1.165, 1.54) is 12.8 Å². The Balaban J connectivity index is 2.08. The maximum Gasteiger partial charge on any atom is 0.101 e. The van der Waals surface area contributed by atoms with Crippen LogP contribution < -0.4 is 0 Å². The molecule has 2 aliphatic rings. The first-order chi connectivity index (χ1) is 4.86. The van der Waals surface area contributed by atoms with Crippen molar-refractivity contribution in [2.24, 2.45) is 5.92 Å². The molecule has 0 N–H and O–H groups in total. The molecule has 0 aromatic carbocycles. The molecular formula is C8H13NO. The summed E-state index contributed by atoms with van der Waals surface area (Å²) in [4.78, 5) is 5.51. The second kappa shape index (κ2) is 2.36. The molecule has 0 bridgehead atoms. The Kier molecular flexibility index (Phi) is 1.51. The molecule has 0 unspecified atom stereocenters. The number of hydroxylamine groups is 2. The molecule has 1 saturated heterocycles. The van der Waals surface area contributed by atoms with Gasteiger partial charge in [-0.05, 0) is 12.8 Å². The van der Waals surface area contributed by atoms with Crippen LogP contribution in [-0.4, -0.2) is 24.8 Å². The third kappa shape index (κ3) is 0.976. The summed E-state index contributed by atoms with van der Waals surface area (Å²) < 4.78 is 0. The van der Waals surface area contributed by atoms with Crippen molar-refractivity contribution in [1.29, 1.82) is 0 Å². The average Bonchev–Trinajstić information content (AvgIpc) is 2.27. The topological polar surface area (TPSA) is 12.5 Å². The van der Waals surface area contributed by atoms with Gasteiger partial charge in [-0.25, -0.2) is 0 Å². The molecular weight excluding hydrogens is 126 g/mol. The van der Waals surface area contributed by atoms with Gasteiger partial charge in [-0.15, -0.1) is 0 Å². The van der Waals surface area contributed by atoms with Gasteiger partial charge in [0, 0.05) is 19.5 Å². The molecule has 0 radical (unpaired) electrons. The number of hydrogen-bond donors (Lipinski definition) is 0. The fourth-order valence-corrected chi connectivity index (χ4v) is 1.76. The van der Waals surface area contributed by atoms with Gasteiger partial charge in [-0.3, -0.25) is 4.84 Å². The van der Waals surface area contributed by atoms with Crippen molar-refractivity contribution in [3.05, 3.63) is 12.2 Å². The SMILES string of the molecule is CN1C[C@H]2CCC=C[C@H]2O1. The largest absolute Gasteiger partial charge is 0.291 e. The van der Waals surface area contributed by atoms with Crippen molar-refractivity contribution in [1.82, 2.24) is 5.06 Å². The van der Waals surface area contributed by atoms with E-state index >= 15 is 0 Å². The highest BCUT2D eigenvalue weighted by Crippen LogP contribution is 2.27. The maximum atomic E-state index is 5.51. The summed E-state index contributed by atoms with van der Waals surface area (Å²) >= 11 is 0. The predicted molar refractivity (Wildman–Crippen MR) is 39.4 cm³/mol. The average molecular weight is 139 g/mol. The van der Waals surface area contributed by atoms with Crippen LogP contribution >= 0.6 is 0 Å². The van der Waals surface area contributed by atoms with Gasteiger partial charge in [-0.1, -0.05) is 12.2 Å². The summed E-state index contributed by atoms with van der Waals surface area (Å²) in [5.74, 6) is 0.759. The normalized spacial score (nSPS) is 40.1. The molecule has 56 valence electrons. The molecule has 2 nitrogen and oxygen atoms in total. The molecule has 1 fully saturated rings. The first-order valence-corrected chi connectivity index (χ1v) is 3.91. The van der Waals surface area contributed by atoms with E-state index in [-0.39, 0.29) is 0 Å². The minimum absolute atomic E-state index is 0.388. The fraction of sp³-hybridized carbons (Fsp3) is 0.750. The Morgan fingerprint density at radius 2 is 2.50 bits per heavy atom. The van der Waals surface area contributed by atoms with Crippen molar-refractivity contribution < 1.29 is 4.84 Å². The second-order valence-electron chi connectivity index (χ2n) is 3.15. The molecule has 0 spiro atoms. The van der Waals surface area contributed by atoms with Crippen LogP contribution in [0.1, 0.15) is 12.8 Å². The lowest BCUT2D eigenvalue weighted by atomic mass is 9.93. The van der Waals surface area contributed by atoms with Gasteiger partial charge in [0.1, 0.15) is 6.10 Å². The smallest absolute Gasteiger partial charge is 0.101 e. The molecule has 1 aliphatic carbocycles. The number of fused-ring (bicyclic) bond motifs is 1. The number of allylic oxidation sites excluding steroid dienone is 1. The molecule has 0 saturated carbocycles. The lowest BCUT2D eigenvalue weighted by Gasteiger charge is -2.15. The zero-order chi connectivity index (χ0) is 6.97. The molecule has 1 heterocycles. The van der Waals surface area contributed by atoms with E-state index in [4.69, 9.17) is 4.84 Å². The first-order valence-electron chi connectivity index (χ1n) is 3.91. The molecule has 0 aromatic rings. The molecule has 2 rings (SSSR count). The Hall–Kier alpha value is -0.340. The predicted octanol–water partition coefficient (Wildman–Crippen LogP) is 1.20. The Morgan fingerprint density at radius 1 is 1.60 bits per heavy atom. The molecule has 0 amide bonds. The third-order valence-corrected chi connectivity index (χ3v) is 2.29. The van der Waals surface area contributed by atoms with Crippen LogP contribution in [0.4, 0.5) is 0 Å². The zero-order valence-corrected chi connectivity index (χ0v) is 6.29. The monoisotopic (exact) mass is 139 g/mol. The van der Waals surface area contributed by atoms with Crippen LogP contribution in [0.3, 0.4) is 0 Å². The lowest BCUT2D eigenvalue weighted by Crippen LogP contribution is -2.17. The van der Waals surface area contributed by atoms with Gasteiger partial charge < -0.3 is 0 Å². The molecule has 2 heteroatoms. The van der Waals surface area contributed by atoms with E-state index in [9.17, 15) is 0 Å². The van der Waals surface area contributed by atoms with Crippen LogP contribution in [0.5, 0.6) is 0 Å². The summed E-state index contributed by atoms with van der Waals surface area (Å²) in [7, 11) is 2.01. The minimum atomic E-state index is 0.388. The van der Waals surface area contributed by atoms with E-state index in [1.807, 2.05) is 12.1 Å². The third-order valence-electron chi connectivity index (χ3n) is 2.29. The van der Waals surface area contributed by atoms with Crippen molar-refractivity contribution >= 4 is 0 Å². The fourth-order valence-electron chi connectivity index (χ4n) is 1.76. The maximum absolute atomic E-state index is 5.51. The summed E-state index contributed by atoms with van der Waals surface area (Å²) in [5.41, 5.74) is 0. The van der Waals surface area contributed by atoms with Crippen LogP contribution in [-0.2, 0) is 4.84 Å². The molecule has 2 atom stereocenters. The van der Waals surface area contributed by atoms with E-state index in [0.29, 0.717) is 6.10 Å². The van der Waals surface area contributed by atoms with E-state index in [0.717, 1.165) is 12.5 Å². The Bertz CT molecular complexity index is 155. The van der Waals surface area contributed by atoms with Gasteiger partial charge >= 0.3 is 0 Å². The van der Waals surface area contributed by atoms with Gasteiger partial charge in [-0.2, -0.15) is 5.06 Å². The van der Waals surface area contributed by atoms with E-state index in [1.54, 1.807) is 0 Å². The minimum Gasteiger partial charge on any atom is -0.291 e. The van der Waals surface area contributed by atoms with Gasteiger partial charge in [0.2, 0.25) is 0 Å². The van der Waals surface area contributed by atoms with E-state index < -0.39 is 0 Å². The van der Waals surface area contributed by atoms with Gasteiger partial charge in [0.25, 0.3) is 0 Å². The van der Waals surface area contributed by atoms with Gasteiger partial charge in [0.15, 0.2) is 0 Å². The highest BCUT2D eigenvalue weighted by atomic mass is 16.7. The zero-order valence-electron chi connectivity index (χ0n) is 6.29. The van der Waals surface area contributed by atoms with Crippen LogP contribution in [0, 0.1) is 5.92 Å². The summed E-state index contributed by atoms with van der Waals surface area (Å²) in [6.45, 7) is 1.11. The van der Waals surface area contributed by atoms with E-state index in [2.05, 4.69) is 12.2 Å². The summed E-state index contributed by atoms with van der Waals surface area (Å²) in [5, 5.41) is 1.95. The quantitative estimate of drug-likeness (QED) is 0.467. The first kappa shape index (κ1) is 6.38. The Morgan fingerprint density at radius 3 is 3.30 bits per heavy atom. The van der Waals surface area contributed by atoms with Gasteiger partial charge in [0.05, 0.1) is 0 Å². The summed E-state index contributed by atoms with van der Waals surface area (Å²) in [6.07, 6.45) is 7.33. The molecule has 0 aromatic heterocycles. The number of rotatable bonds is 0. The second-order valence-corrected chi connectivity index (χ2v) is 3.15. The summed E-state index contributed by atoms with van der Waals surface area (Å²) in [6, 6.07) is 0. The molecule has 1 aliphatic heterocycles. The van der Waals surface area contributed by atoms with Crippen molar-refractivity contribution in [2.75, 3.05) is 13.6 Å². The molecule has 10 heavy (non-hydrogen) atoms. The van der Waals surface area contributed by atoms with Crippen LogP contribution in [0.2, 0.25) is 0 Å². The highest BCUT2D eigenvalue weighted by molar-refractivity contribution is 5.00. The number of nitrogens with zero attached hydrogens (tertiary/aromatic N) is 1. The highest BCUT2D eigenvalue weighted by Gasteiger charge is 2.31. The van der Waals surface area contributed by atoms with Crippen LogP contribution in [0.15, 0.2) is 12.2 Å².